The first kappa shape index (κ1) is 11.1. The maximum absolute atomic E-state index is 9.07. The van der Waals surface area contributed by atoms with E-state index < -0.39 is 0 Å². The molecular formula is C16H15NO. The molecule has 18 heavy (non-hydrogen) atoms. The summed E-state index contributed by atoms with van der Waals surface area (Å²) in [6.07, 6.45) is 2.67. The molecule has 2 N–H and O–H groups in total. The van der Waals surface area contributed by atoms with Crippen molar-refractivity contribution < 1.29 is 5.11 Å². The van der Waals surface area contributed by atoms with Crippen LogP contribution in [0.5, 0.6) is 0 Å². The third kappa shape index (κ3) is 1.91. The van der Waals surface area contributed by atoms with Gasteiger partial charge in [-0.3, -0.25) is 0 Å². The summed E-state index contributed by atoms with van der Waals surface area (Å²) in [5.41, 5.74) is 4.72. The topological polar surface area (TPSA) is 36.0 Å². The Kier molecular flexibility index (Phi) is 2.87. The zero-order valence-electron chi connectivity index (χ0n) is 10.1. The largest absolute Gasteiger partial charge is 0.396 e. The second-order valence-corrected chi connectivity index (χ2v) is 4.41. The summed E-state index contributed by atoms with van der Waals surface area (Å²) in [5, 5.41) is 10.3. The van der Waals surface area contributed by atoms with Gasteiger partial charge in [0.15, 0.2) is 0 Å². The van der Waals surface area contributed by atoms with E-state index in [0.29, 0.717) is 6.42 Å². The third-order valence-corrected chi connectivity index (χ3v) is 3.26. The molecule has 90 valence electrons. The van der Waals surface area contributed by atoms with Crippen LogP contribution in [-0.4, -0.2) is 16.7 Å². The molecule has 0 saturated carbocycles. The van der Waals surface area contributed by atoms with Crippen molar-refractivity contribution in [3.8, 4) is 11.1 Å². The minimum absolute atomic E-state index is 0.183. The second kappa shape index (κ2) is 4.67. The minimum atomic E-state index is 0.183. The average molecular weight is 237 g/mol. The highest BCUT2D eigenvalue weighted by Crippen LogP contribution is 2.26. The van der Waals surface area contributed by atoms with E-state index in [1.165, 1.54) is 22.1 Å². The third-order valence-electron chi connectivity index (χ3n) is 3.26. The molecule has 1 heterocycles. The van der Waals surface area contributed by atoms with Crippen molar-refractivity contribution in [1.82, 2.24) is 4.98 Å². The van der Waals surface area contributed by atoms with E-state index in [4.69, 9.17) is 5.11 Å². The van der Waals surface area contributed by atoms with Gasteiger partial charge in [0.2, 0.25) is 0 Å². The van der Waals surface area contributed by atoms with Gasteiger partial charge in [-0.25, -0.2) is 0 Å². The maximum Gasteiger partial charge on any atom is 0.0472 e. The highest BCUT2D eigenvalue weighted by Gasteiger charge is 2.05. The highest BCUT2D eigenvalue weighted by molar-refractivity contribution is 5.88. The van der Waals surface area contributed by atoms with Gasteiger partial charge in [0, 0.05) is 23.7 Å². The number of aromatic nitrogens is 1. The molecule has 2 aromatic carbocycles. The van der Waals surface area contributed by atoms with Crippen LogP contribution in [0.25, 0.3) is 22.0 Å². The Hall–Kier alpha value is -2.06. The van der Waals surface area contributed by atoms with Gasteiger partial charge in [-0.05, 0) is 35.2 Å². The summed E-state index contributed by atoms with van der Waals surface area (Å²) in [4.78, 5) is 3.24. The maximum atomic E-state index is 9.07. The Morgan fingerprint density at radius 1 is 0.944 bits per heavy atom. The van der Waals surface area contributed by atoms with Crippen molar-refractivity contribution >= 4 is 10.9 Å². The van der Waals surface area contributed by atoms with Gasteiger partial charge in [-0.2, -0.15) is 0 Å². The van der Waals surface area contributed by atoms with Crippen molar-refractivity contribution in [2.24, 2.45) is 0 Å². The molecule has 0 aliphatic carbocycles. The van der Waals surface area contributed by atoms with Gasteiger partial charge in [0.05, 0.1) is 0 Å². The van der Waals surface area contributed by atoms with Crippen LogP contribution < -0.4 is 0 Å². The number of nitrogens with one attached hydrogen (secondary N) is 1. The molecule has 0 atom stereocenters. The Bertz CT molecular complexity index is 655. The fourth-order valence-electron chi connectivity index (χ4n) is 2.32. The van der Waals surface area contributed by atoms with E-state index in [-0.39, 0.29) is 6.61 Å². The number of fused-ring (bicyclic) bond motifs is 1. The molecule has 0 radical (unpaired) electrons. The van der Waals surface area contributed by atoms with E-state index in [9.17, 15) is 0 Å². The molecule has 3 rings (SSSR count). The molecule has 0 bridgehead atoms. The number of hydrogen-bond acceptors (Lipinski definition) is 1. The van der Waals surface area contributed by atoms with E-state index >= 15 is 0 Å². The first-order valence-corrected chi connectivity index (χ1v) is 6.15. The van der Waals surface area contributed by atoms with E-state index in [0.717, 1.165) is 5.52 Å². The first-order valence-electron chi connectivity index (χ1n) is 6.15. The van der Waals surface area contributed by atoms with Gasteiger partial charge in [-0.15, -0.1) is 0 Å². The van der Waals surface area contributed by atoms with Gasteiger partial charge >= 0.3 is 0 Å². The molecule has 0 amide bonds. The number of H-pyrrole nitrogens is 1. The van der Waals surface area contributed by atoms with E-state index in [2.05, 4.69) is 35.3 Å². The highest BCUT2D eigenvalue weighted by atomic mass is 16.2. The van der Waals surface area contributed by atoms with Crippen molar-refractivity contribution in [2.75, 3.05) is 6.61 Å². The Balaban J connectivity index is 2.12. The van der Waals surface area contributed by atoms with Crippen LogP contribution in [0, 0.1) is 0 Å². The fourth-order valence-corrected chi connectivity index (χ4v) is 2.32. The predicted molar refractivity (Wildman–Crippen MR) is 74.5 cm³/mol. The lowest BCUT2D eigenvalue weighted by Gasteiger charge is -2.03. The van der Waals surface area contributed by atoms with Crippen LogP contribution >= 0.6 is 0 Å². The van der Waals surface area contributed by atoms with Crippen molar-refractivity contribution in [3.05, 3.63) is 60.3 Å². The second-order valence-electron chi connectivity index (χ2n) is 4.41. The van der Waals surface area contributed by atoms with Crippen LogP contribution in [0.1, 0.15) is 5.56 Å². The van der Waals surface area contributed by atoms with Crippen LogP contribution in [0.15, 0.2) is 54.7 Å². The van der Waals surface area contributed by atoms with Crippen molar-refractivity contribution in [2.45, 2.75) is 6.42 Å². The molecule has 0 spiro atoms. The Morgan fingerprint density at radius 2 is 1.78 bits per heavy atom. The van der Waals surface area contributed by atoms with Crippen LogP contribution in [-0.2, 0) is 6.42 Å². The fraction of sp³-hybridized carbons (Fsp3) is 0.125. The molecule has 2 nitrogen and oxygen atoms in total. The molecule has 0 saturated heterocycles. The summed E-state index contributed by atoms with van der Waals surface area (Å²) < 4.78 is 0. The lowest BCUT2D eigenvalue weighted by molar-refractivity contribution is 0.300. The first-order chi connectivity index (χ1) is 8.88. The summed E-state index contributed by atoms with van der Waals surface area (Å²) in [7, 11) is 0. The summed E-state index contributed by atoms with van der Waals surface area (Å²) >= 11 is 0. The van der Waals surface area contributed by atoms with Crippen LogP contribution in [0.2, 0.25) is 0 Å². The molecule has 0 fully saturated rings. The predicted octanol–water partition coefficient (Wildman–Crippen LogP) is 3.37. The average Bonchev–Trinajstić information content (AvgIpc) is 2.83. The van der Waals surface area contributed by atoms with Gasteiger partial charge < -0.3 is 10.1 Å². The molecule has 2 heteroatoms. The number of rotatable bonds is 3. The number of benzene rings is 2. The number of hydrogen-bond donors (Lipinski definition) is 2. The van der Waals surface area contributed by atoms with Gasteiger partial charge in [-0.1, -0.05) is 36.4 Å². The van der Waals surface area contributed by atoms with Crippen molar-refractivity contribution in [3.63, 3.8) is 0 Å². The number of aromatic amines is 1. The van der Waals surface area contributed by atoms with E-state index in [1.54, 1.807) is 0 Å². The zero-order chi connectivity index (χ0) is 12.4. The Labute approximate surface area is 106 Å². The number of aliphatic hydroxyl groups is 1. The lowest BCUT2D eigenvalue weighted by atomic mass is 10.0. The minimum Gasteiger partial charge on any atom is -0.396 e. The SMILES string of the molecule is OCCc1c[nH]c2ccc(-c3ccccc3)cc12. The molecule has 0 unspecified atom stereocenters. The quantitative estimate of drug-likeness (QED) is 0.720. The Morgan fingerprint density at radius 3 is 2.56 bits per heavy atom. The molecule has 0 aliphatic rings. The normalized spacial score (nSPS) is 10.9. The van der Waals surface area contributed by atoms with Crippen LogP contribution in [0.4, 0.5) is 0 Å². The van der Waals surface area contributed by atoms with Gasteiger partial charge in [0.1, 0.15) is 0 Å². The zero-order valence-corrected chi connectivity index (χ0v) is 10.1. The molecule has 1 aromatic heterocycles. The van der Waals surface area contributed by atoms with E-state index in [1.807, 2.05) is 24.4 Å². The molecule has 0 aliphatic heterocycles. The summed E-state index contributed by atoms with van der Waals surface area (Å²) in [6.45, 7) is 0.183. The van der Waals surface area contributed by atoms with Crippen LogP contribution in [0.3, 0.4) is 0 Å². The van der Waals surface area contributed by atoms with Gasteiger partial charge in [0.25, 0.3) is 0 Å². The number of aliphatic hydroxyl groups excluding tert-OH is 1. The lowest BCUT2D eigenvalue weighted by Crippen LogP contribution is -1.88. The van der Waals surface area contributed by atoms with Crippen molar-refractivity contribution in [1.29, 1.82) is 0 Å². The smallest absolute Gasteiger partial charge is 0.0472 e. The monoisotopic (exact) mass is 237 g/mol. The molecule has 3 aromatic rings. The standard InChI is InChI=1S/C16H15NO/c18-9-8-14-11-17-16-7-6-13(10-15(14)16)12-4-2-1-3-5-12/h1-7,10-11,17-18H,8-9H2. The summed E-state index contributed by atoms with van der Waals surface area (Å²) in [5.74, 6) is 0. The summed E-state index contributed by atoms with van der Waals surface area (Å²) in [6, 6.07) is 16.7. The molecular weight excluding hydrogens is 222 g/mol.